The monoisotopic (exact) mass is 434 g/mol. The summed E-state index contributed by atoms with van der Waals surface area (Å²) >= 11 is 0. The van der Waals surface area contributed by atoms with Crippen molar-refractivity contribution in [1.82, 2.24) is 0 Å². The average Bonchev–Trinajstić information content (AvgIpc) is 2.81. The summed E-state index contributed by atoms with van der Waals surface area (Å²) in [5, 5.41) is 12.3. The number of carbonyl (C=O) groups is 1. The van der Waals surface area contributed by atoms with E-state index in [9.17, 15) is 9.18 Å². The molecule has 0 fully saturated rings. The minimum atomic E-state index is -2.82. The van der Waals surface area contributed by atoms with E-state index in [0.29, 0.717) is 0 Å². The van der Waals surface area contributed by atoms with E-state index in [4.69, 9.17) is 5.11 Å². The van der Waals surface area contributed by atoms with Gasteiger partial charge in [0.25, 0.3) is 0 Å². The number of benzene rings is 4. The summed E-state index contributed by atoms with van der Waals surface area (Å²) in [5.41, 5.74) is -0.488. The molecule has 5 heteroatoms. The Hall–Kier alpha value is -3.36. The molecule has 0 bridgehead atoms. The zero-order valence-electron chi connectivity index (χ0n) is 16.6. The van der Waals surface area contributed by atoms with Crippen molar-refractivity contribution in [3.63, 3.8) is 0 Å². The maximum atomic E-state index is 15.1. The first kappa shape index (κ1) is 20.9. The van der Waals surface area contributed by atoms with E-state index in [1.165, 1.54) is 6.07 Å². The molecule has 4 aromatic rings. The molecule has 156 valence electrons. The summed E-state index contributed by atoms with van der Waals surface area (Å²) in [6.45, 7) is 0. The topological polar surface area (TPSA) is 37.3 Å². The fourth-order valence-electron chi connectivity index (χ4n) is 4.15. The molecule has 0 spiro atoms. The van der Waals surface area contributed by atoms with Gasteiger partial charge >= 0.3 is 180 Å². The molecule has 4 aromatic carbocycles. The van der Waals surface area contributed by atoms with Gasteiger partial charge in [0, 0.05) is 0 Å². The van der Waals surface area contributed by atoms with E-state index in [0.717, 1.165) is 22.0 Å². The first-order valence-corrected chi connectivity index (χ1v) is 12.1. The Morgan fingerprint density at radius 3 is 1.45 bits per heavy atom. The van der Waals surface area contributed by atoms with Crippen LogP contribution in [0.5, 0.6) is 0 Å². The van der Waals surface area contributed by atoms with Gasteiger partial charge in [-0.25, -0.2) is 0 Å². The van der Waals surface area contributed by atoms with Crippen molar-refractivity contribution < 1.29 is 18.7 Å². The van der Waals surface area contributed by atoms with Gasteiger partial charge in [-0.1, -0.05) is 0 Å². The molecule has 31 heavy (non-hydrogen) atoms. The summed E-state index contributed by atoms with van der Waals surface area (Å²) < 4.78 is 29.6. The summed E-state index contributed by atoms with van der Waals surface area (Å²) in [6.07, 6.45) is 0.258. The van der Waals surface area contributed by atoms with E-state index in [2.05, 4.69) is 0 Å². The minimum absolute atomic E-state index is 0.172. The summed E-state index contributed by atoms with van der Waals surface area (Å²) in [7, 11) is -2.82. The molecule has 0 radical (unpaired) electrons. The van der Waals surface area contributed by atoms with Crippen LogP contribution in [-0.2, 0) is 6.16 Å². The fraction of sp³-hybridized carbons (Fsp3) is 0.0385. The van der Waals surface area contributed by atoms with E-state index in [-0.39, 0.29) is 11.7 Å². The zero-order valence-corrected chi connectivity index (χ0v) is 17.6. The van der Waals surface area contributed by atoms with Crippen molar-refractivity contribution in [1.29, 1.82) is 0 Å². The Bertz CT molecular complexity index is 1100. The van der Waals surface area contributed by atoms with Crippen LogP contribution in [0.1, 0.15) is 15.9 Å². The fourth-order valence-corrected chi connectivity index (χ4v) is 8.89. The summed E-state index contributed by atoms with van der Waals surface area (Å²) in [6, 6.07) is 32.3. The van der Waals surface area contributed by atoms with Gasteiger partial charge in [-0.3, -0.25) is 0 Å². The van der Waals surface area contributed by atoms with Crippen molar-refractivity contribution in [2.24, 2.45) is 0 Å². The Kier molecular flexibility index (Phi) is 5.92. The second kappa shape index (κ2) is 8.79. The molecule has 0 aromatic heterocycles. The third-order valence-electron chi connectivity index (χ3n) is 5.65. The molecule has 0 heterocycles. The standard InChI is InChI=1S/C26H21F2O2P/c27-24-19(16-17-23(25(24)28)26(29)30)18-31(20-10-4-1-5-11-20,21-12-6-2-7-13-21)22-14-8-3-9-15-22/h1-17,31H,18H2,(H,29,30). The Morgan fingerprint density at radius 1 is 0.645 bits per heavy atom. The molecule has 0 saturated carbocycles. The van der Waals surface area contributed by atoms with E-state index < -0.39 is 30.4 Å². The van der Waals surface area contributed by atoms with Crippen LogP contribution in [0.25, 0.3) is 0 Å². The Labute approximate surface area is 180 Å². The van der Waals surface area contributed by atoms with Crippen molar-refractivity contribution in [3.05, 3.63) is 126 Å². The normalized spacial score (nSPS) is 11.8. The van der Waals surface area contributed by atoms with E-state index in [1.54, 1.807) is 0 Å². The van der Waals surface area contributed by atoms with Crippen molar-refractivity contribution in [3.8, 4) is 0 Å². The van der Waals surface area contributed by atoms with Gasteiger partial charge in [0.05, 0.1) is 0 Å². The van der Waals surface area contributed by atoms with Crippen LogP contribution in [0.4, 0.5) is 8.78 Å². The predicted octanol–water partition coefficient (Wildman–Crippen LogP) is 4.89. The second-order valence-corrected chi connectivity index (χ2v) is 11.3. The van der Waals surface area contributed by atoms with Gasteiger partial charge in [0.15, 0.2) is 0 Å². The van der Waals surface area contributed by atoms with Gasteiger partial charge in [-0.15, -0.1) is 0 Å². The van der Waals surface area contributed by atoms with Crippen LogP contribution in [0.2, 0.25) is 0 Å². The maximum absolute atomic E-state index is 15.1. The van der Waals surface area contributed by atoms with Crippen LogP contribution in [0, 0.1) is 11.6 Å². The number of carboxylic acids is 1. The molecule has 0 amide bonds. The third-order valence-corrected chi connectivity index (χ3v) is 10.5. The second-order valence-electron chi connectivity index (χ2n) is 7.39. The van der Waals surface area contributed by atoms with Crippen LogP contribution in [-0.4, -0.2) is 11.1 Å². The van der Waals surface area contributed by atoms with Crippen molar-refractivity contribution >= 4 is 29.1 Å². The predicted molar refractivity (Wildman–Crippen MR) is 124 cm³/mol. The molecule has 1 N–H and O–H groups in total. The first-order valence-electron chi connectivity index (χ1n) is 9.91. The molecule has 2 nitrogen and oxygen atoms in total. The Morgan fingerprint density at radius 2 is 1.06 bits per heavy atom. The number of halogens is 2. The average molecular weight is 434 g/mol. The van der Waals surface area contributed by atoms with Crippen LogP contribution >= 0.6 is 7.26 Å². The zero-order chi connectivity index (χ0) is 21.8. The molecule has 0 unspecified atom stereocenters. The number of hydrogen-bond donors (Lipinski definition) is 1. The molecular weight excluding hydrogens is 413 g/mol. The van der Waals surface area contributed by atoms with Crippen LogP contribution in [0.3, 0.4) is 0 Å². The van der Waals surface area contributed by atoms with Gasteiger partial charge < -0.3 is 0 Å². The Balaban J connectivity index is 2.00. The van der Waals surface area contributed by atoms with Crippen molar-refractivity contribution in [2.75, 3.05) is 0 Å². The molecule has 0 saturated heterocycles. The number of hydrogen-bond acceptors (Lipinski definition) is 1. The number of carboxylic acid groups (broad SMARTS) is 1. The molecule has 0 aliphatic heterocycles. The van der Waals surface area contributed by atoms with Gasteiger partial charge in [-0.05, 0) is 0 Å². The number of rotatable bonds is 6. The number of aromatic carboxylic acids is 1. The van der Waals surface area contributed by atoms with Crippen LogP contribution < -0.4 is 15.9 Å². The molecular formula is C26H21F2O2P. The molecule has 0 aliphatic carbocycles. The third kappa shape index (κ3) is 3.87. The van der Waals surface area contributed by atoms with Crippen molar-refractivity contribution in [2.45, 2.75) is 6.16 Å². The summed E-state index contributed by atoms with van der Waals surface area (Å²) in [5.74, 6) is -3.90. The quantitative estimate of drug-likeness (QED) is 0.439. The summed E-state index contributed by atoms with van der Waals surface area (Å²) in [4.78, 5) is 11.2. The van der Waals surface area contributed by atoms with Gasteiger partial charge in [-0.2, -0.15) is 0 Å². The molecule has 0 aliphatic rings. The molecule has 4 rings (SSSR count). The molecule has 0 atom stereocenters. The van der Waals surface area contributed by atoms with Gasteiger partial charge in [0.1, 0.15) is 0 Å². The van der Waals surface area contributed by atoms with Gasteiger partial charge in [0.2, 0.25) is 0 Å². The first-order chi connectivity index (χ1) is 15.0. The van der Waals surface area contributed by atoms with Crippen LogP contribution in [0.15, 0.2) is 103 Å². The van der Waals surface area contributed by atoms with E-state index >= 15 is 4.39 Å². The van der Waals surface area contributed by atoms with E-state index in [1.807, 2.05) is 91.0 Å². The SMILES string of the molecule is O=C(O)c1ccc(C[PH](c2ccccc2)(c2ccccc2)c2ccccc2)c(F)c1F.